The quantitative estimate of drug-likeness (QED) is 0.705. The largest absolute Gasteiger partial charge is 0.478 e. The van der Waals surface area contributed by atoms with Gasteiger partial charge in [-0.05, 0) is 79.8 Å². The number of aliphatic hydroxyl groups is 1. The van der Waals surface area contributed by atoms with Gasteiger partial charge in [-0.15, -0.1) is 0 Å². The number of anilines is 1. The van der Waals surface area contributed by atoms with E-state index in [1.807, 2.05) is 0 Å². The number of hydrogen-bond donors (Lipinski definition) is 3. The number of aromatic carboxylic acids is 1. The van der Waals surface area contributed by atoms with Crippen molar-refractivity contribution < 1.29 is 15.0 Å². The first-order chi connectivity index (χ1) is 12.7. The zero-order chi connectivity index (χ0) is 19.8. The highest BCUT2D eigenvalue weighted by molar-refractivity contribution is 5.87. The molecule has 0 aromatic heterocycles. The number of nitrogens with zero attached hydrogens (tertiary/aromatic N) is 1. The van der Waals surface area contributed by atoms with Crippen molar-refractivity contribution in [3.05, 3.63) is 29.8 Å². The molecule has 2 aliphatic carbocycles. The molecule has 4 atom stereocenters. The molecule has 5 nitrogen and oxygen atoms in total. The zero-order valence-electron chi connectivity index (χ0n) is 16.8. The summed E-state index contributed by atoms with van der Waals surface area (Å²) in [5, 5.41) is 19.1. The third-order valence-corrected chi connectivity index (χ3v) is 7.77. The Kier molecular flexibility index (Phi) is 5.55. The third kappa shape index (κ3) is 3.59. The molecule has 1 aromatic carbocycles. The molecule has 3 fully saturated rings. The van der Waals surface area contributed by atoms with Crippen LogP contribution in [0.2, 0.25) is 0 Å². The second kappa shape index (κ2) is 7.44. The fourth-order valence-corrected chi connectivity index (χ4v) is 5.65. The van der Waals surface area contributed by atoms with Crippen LogP contribution in [0.15, 0.2) is 24.3 Å². The van der Waals surface area contributed by atoms with Gasteiger partial charge in [-0.25, -0.2) is 4.79 Å². The minimum atomic E-state index is -0.931. The molecule has 3 aliphatic rings. The van der Waals surface area contributed by atoms with Gasteiger partial charge in [0.2, 0.25) is 0 Å². The summed E-state index contributed by atoms with van der Waals surface area (Å²) >= 11 is 0. The topological polar surface area (TPSA) is 86.8 Å². The second-order valence-corrected chi connectivity index (χ2v) is 9.33. The molecule has 5 heteroatoms. The van der Waals surface area contributed by atoms with Crippen LogP contribution in [0.1, 0.15) is 56.8 Å². The number of benzene rings is 1. The summed E-state index contributed by atoms with van der Waals surface area (Å²) in [6.07, 6.45) is 5.20. The van der Waals surface area contributed by atoms with Crippen molar-refractivity contribution in [1.29, 1.82) is 0 Å². The molecule has 2 bridgehead atoms. The maximum Gasteiger partial charge on any atom is 0.335 e. The van der Waals surface area contributed by atoms with Crippen LogP contribution in [-0.2, 0) is 0 Å². The normalized spacial score (nSPS) is 34.3. The highest BCUT2D eigenvalue weighted by Gasteiger charge is 2.65. The van der Waals surface area contributed by atoms with Crippen LogP contribution in [0, 0.1) is 22.7 Å². The lowest BCUT2D eigenvalue weighted by molar-refractivity contribution is -0.0168. The van der Waals surface area contributed by atoms with E-state index < -0.39 is 5.97 Å². The summed E-state index contributed by atoms with van der Waals surface area (Å²) in [4.78, 5) is 12.8. The average Bonchev–Trinajstić information content (AvgIpc) is 3.23. The zero-order valence-corrected chi connectivity index (χ0v) is 16.8. The van der Waals surface area contributed by atoms with E-state index in [2.05, 4.69) is 25.7 Å². The van der Waals surface area contributed by atoms with Crippen molar-refractivity contribution in [3.63, 3.8) is 0 Å². The van der Waals surface area contributed by atoms with Gasteiger partial charge in [0.1, 0.15) is 0 Å². The van der Waals surface area contributed by atoms with E-state index in [4.69, 9.17) is 10.8 Å². The van der Waals surface area contributed by atoms with E-state index in [1.165, 1.54) is 50.9 Å². The third-order valence-electron chi connectivity index (χ3n) is 7.77. The van der Waals surface area contributed by atoms with Gasteiger partial charge in [-0.1, -0.05) is 20.8 Å². The molecular formula is C22H34N2O3. The summed E-state index contributed by atoms with van der Waals surface area (Å²) in [5.41, 5.74) is 6.67. The molecule has 1 aliphatic heterocycles. The molecule has 4 rings (SSSR count). The Morgan fingerprint density at radius 3 is 2.26 bits per heavy atom. The Balaban J connectivity index is 0.000000180. The summed E-state index contributed by atoms with van der Waals surface area (Å²) in [7, 11) is 0. The number of likely N-dealkylation sites (tertiary alicyclic amines) is 1. The number of fused-ring (bicyclic) bond motifs is 2. The van der Waals surface area contributed by atoms with Crippen molar-refractivity contribution in [2.75, 3.05) is 25.4 Å². The molecular weight excluding hydrogens is 340 g/mol. The monoisotopic (exact) mass is 374 g/mol. The minimum absolute atomic E-state index is 0.0724. The Hall–Kier alpha value is -1.59. The van der Waals surface area contributed by atoms with Crippen LogP contribution >= 0.6 is 0 Å². The van der Waals surface area contributed by atoms with E-state index in [1.54, 1.807) is 12.1 Å². The van der Waals surface area contributed by atoms with Gasteiger partial charge in [-0.2, -0.15) is 0 Å². The Labute approximate surface area is 162 Å². The molecule has 1 aromatic rings. The Bertz CT molecular complexity index is 667. The van der Waals surface area contributed by atoms with Gasteiger partial charge >= 0.3 is 5.97 Å². The van der Waals surface area contributed by atoms with E-state index in [0.29, 0.717) is 17.0 Å². The van der Waals surface area contributed by atoms with Crippen LogP contribution in [-0.4, -0.2) is 46.8 Å². The number of aliphatic hydroxyl groups excluding tert-OH is 1. The standard InChI is InChI=1S/C15H27NO.C7H7NO2/c1-14(2)12-6-7-15(14,3)13(17)11(12)10-16-8-4-5-9-16;8-6-3-1-5(2-4-6)7(9)10/h11-13,17H,4-10H2,1-3H3;1-4H,8H2,(H,9,10). The molecule has 150 valence electrons. The maximum atomic E-state index is 10.7. The lowest BCUT2D eigenvalue weighted by Gasteiger charge is -2.37. The molecule has 4 N–H and O–H groups in total. The number of nitrogens with two attached hydrogens (primary N) is 1. The number of rotatable bonds is 3. The van der Waals surface area contributed by atoms with Crippen LogP contribution < -0.4 is 5.73 Å². The number of carboxylic acid groups (broad SMARTS) is 1. The van der Waals surface area contributed by atoms with Crippen molar-refractivity contribution in [2.24, 2.45) is 22.7 Å². The summed E-state index contributed by atoms with van der Waals surface area (Å²) in [6.45, 7) is 10.8. The first-order valence-corrected chi connectivity index (χ1v) is 10.2. The highest BCUT2D eigenvalue weighted by Crippen LogP contribution is 2.67. The van der Waals surface area contributed by atoms with Crippen molar-refractivity contribution in [2.45, 2.75) is 52.6 Å². The molecule has 1 saturated heterocycles. The molecule has 4 unspecified atom stereocenters. The van der Waals surface area contributed by atoms with E-state index in [-0.39, 0.29) is 17.1 Å². The van der Waals surface area contributed by atoms with Gasteiger partial charge in [0.05, 0.1) is 11.7 Å². The first-order valence-electron chi connectivity index (χ1n) is 10.2. The Morgan fingerprint density at radius 2 is 1.78 bits per heavy atom. The predicted molar refractivity (Wildman–Crippen MR) is 108 cm³/mol. The molecule has 0 radical (unpaired) electrons. The average molecular weight is 375 g/mol. The van der Waals surface area contributed by atoms with E-state index in [9.17, 15) is 9.90 Å². The van der Waals surface area contributed by atoms with Gasteiger partial charge in [0.15, 0.2) is 0 Å². The van der Waals surface area contributed by atoms with Gasteiger partial charge in [-0.3, -0.25) is 0 Å². The maximum absolute atomic E-state index is 10.7. The number of nitrogen functional groups attached to an aromatic ring is 1. The van der Waals surface area contributed by atoms with Crippen molar-refractivity contribution in [3.8, 4) is 0 Å². The van der Waals surface area contributed by atoms with Gasteiger partial charge < -0.3 is 20.8 Å². The fraction of sp³-hybridized carbons (Fsp3) is 0.682. The highest BCUT2D eigenvalue weighted by atomic mass is 16.4. The summed E-state index contributed by atoms with van der Waals surface area (Å²) in [5.74, 6) is 0.338. The van der Waals surface area contributed by atoms with E-state index >= 15 is 0 Å². The van der Waals surface area contributed by atoms with Gasteiger partial charge in [0, 0.05) is 18.2 Å². The number of carboxylic acids is 1. The number of carbonyl (C=O) groups is 1. The Morgan fingerprint density at radius 1 is 1.19 bits per heavy atom. The summed E-state index contributed by atoms with van der Waals surface area (Å²) in [6, 6.07) is 6.06. The lowest BCUT2D eigenvalue weighted by atomic mass is 9.70. The minimum Gasteiger partial charge on any atom is -0.478 e. The molecule has 1 heterocycles. The van der Waals surface area contributed by atoms with Gasteiger partial charge in [0.25, 0.3) is 0 Å². The summed E-state index contributed by atoms with van der Waals surface area (Å²) < 4.78 is 0. The molecule has 2 saturated carbocycles. The van der Waals surface area contributed by atoms with Crippen LogP contribution in [0.5, 0.6) is 0 Å². The first kappa shape index (κ1) is 20.2. The van der Waals surface area contributed by atoms with Crippen LogP contribution in [0.3, 0.4) is 0 Å². The molecule has 0 spiro atoms. The van der Waals surface area contributed by atoms with Crippen molar-refractivity contribution in [1.82, 2.24) is 4.90 Å². The lowest BCUT2D eigenvalue weighted by Crippen LogP contribution is -2.41. The predicted octanol–water partition coefficient (Wildman–Crippen LogP) is 3.48. The van der Waals surface area contributed by atoms with Crippen LogP contribution in [0.4, 0.5) is 5.69 Å². The molecule has 27 heavy (non-hydrogen) atoms. The van der Waals surface area contributed by atoms with Crippen molar-refractivity contribution >= 4 is 11.7 Å². The van der Waals surface area contributed by atoms with E-state index in [0.717, 1.165) is 12.5 Å². The fourth-order valence-electron chi connectivity index (χ4n) is 5.65. The number of hydrogen-bond acceptors (Lipinski definition) is 4. The van der Waals surface area contributed by atoms with Crippen LogP contribution in [0.25, 0.3) is 0 Å². The molecule has 0 amide bonds. The second-order valence-electron chi connectivity index (χ2n) is 9.33. The smallest absolute Gasteiger partial charge is 0.335 e. The SMILES string of the molecule is CC1(C)C2CCC1(C)C(O)C2CN1CCCC1.Nc1ccc(C(=O)O)cc1.